The Balaban J connectivity index is 1.81. The first-order valence-electron chi connectivity index (χ1n) is 6.36. The number of hydrogen-bond acceptors (Lipinski definition) is 3. The van der Waals surface area contributed by atoms with Crippen LogP contribution in [0.3, 0.4) is 0 Å². The molecule has 7 heteroatoms. The summed E-state index contributed by atoms with van der Waals surface area (Å²) in [6.07, 6.45) is 1.26. The van der Waals surface area contributed by atoms with E-state index in [1.165, 1.54) is 11.0 Å². The molecule has 1 heterocycles. The Morgan fingerprint density at radius 1 is 1.05 bits per heavy atom. The van der Waals surface area contributed by atoms with E-state index < -0.39 is 11.6 Å². The second kappa shape index (κ2) is 5.72. The molecule has 3 aromatic rings. The Morgan fingerprint density at radius 2 is 1.73 bits per heavy atom. The molecule has 0 aliphatic rings. The van der Waals surface area contributed by atoms with Crippen molar-refractivity contribution in [1.29, 1.82) is 0 Å². The van der Waals surface area contributed by atoms with E-state index in [0.717, 1.165) is 18.2 Å². The van der Waals surface area contributed by atoms with Gasteiger partial charge in [-0.1, -0.05) is 18.2 Å². The smallest absolute Gasteiger partial charge is 0.258 e. The SMILES string of the molecule is O=C(Nc1ncn(-c2cc(F)cc(F)c2)n1)c1ccccc1. The minimum atomic E-state index is -0.722. The highest BCUT2D eigenvalue weighted by Gasteiger charge is 2.10. The van der Waals surface area contributed by atoms with Crippen LogP contribution in [0.15, 0.2) is 54.9 Å². The van der Waals surface area contributed by atoms with Gasteiger partial charge in [0.2, 0.25) is 5.95 Å². The van der Waals surface area contributed by atoms with Crippen molar-refractivity contribution in [2.75, 3.05) is 5.32 Å². The number of anilines is 1. The molecule has 0 spiro atoms. The molecule has 0 unspecified atom stereocenters. The third-order valence-electron chi connectivity index (χ3n) is 2.87. The molecule has 0 bridgehead atoms. The van der Waals surface area contributed by atoms with Crippen molar-refractivity contribution in [2.45, 2.75) is 0 Å². The highest BCUT2D eigenvalue weighted by Crippen LogP contribution is 2.13. The number of rotatable bonds is 3. The molecular weight excluding hydrogens is 290 g/mol. The molecule has 3 rings (SSSR count). The van der Waals surface area contributed by atoms with E-state index in [9.17, 15) is 13.6 Å². The van der Waals surface area contributed by atoms with Crippen LogP contribution in [0, 0.1) is 11.6 Å². The number of aromatic nitrogens is 3. The summed E-state index contributed by atoms with van der Waals surface area (Å²) in [6, 6.07) is 11.5. The molecule has 0 saturated heterocycles. The van der Waals surface area contributed by atoms with Crippen molar-refractivity contribution >= 4 is 11.9 Å². The average Bonchev–Trinajstić information content (AvgIpc) is 2.96. The van der Waals surface area contributed by atoms with Gasteiger partial charge < -0.3 is 0 Å². The Hall–Kier alpha value is -3.09. The fourth-order valence-electron chi connectivity index (χ4n) is 1.88. The first kappa shape index (κ1) is 13.9. The zero-order chi connectivity index (χ0) is 15.5. The van der Waals surface area contributed by atoms with Crippen molar-refractivity contribution in [3.05, 3.63) is 72.1 Å². The van der Waals surface area contributed by atoms with Gasteiger partial charge in [0.15, 0.2) is 0 Å². The predicted molar refractivity (Wildman–Crippen MR) is 75.7 cm³/mol. The number of nitrogens with zero attached hydrogens (tertiary/aromatic N) is 3. The van der Waals surface area contributed by atoms with Crippen LogP contribution >= 0.6 is 0 Å². The highest BCUT2D eigenvalue weighted by molar-refractivity contribution is 6.03. The average molecular weight is 300 g/mol. The van der Waals surface area contributed by atoms with Crippen molar-refractivity contribution in [3.63, 3.8) is 0 Å². The number of nitrogens with one attached hydrogen (secondary N) is 1. The van der Waals surface area contributed by atoms with Gasteiger partial charge in [0.05, 0.1) is 5.69 Å². The Kier molecular flexibility index (Phi) is 3.61. The number of carbonyl (C=O) groups is 1. The normalized spacial score (nSPS) is 10.5. The lowest BCUT2D eigenvalue weighted by molar-refractivity contribution is 0.102. The molecule has 2 aromatic carbocycles. The van der Waals surface area contributed by atoms with Crippen LogP contribution < -0.4 is 5.32 Å². The summed E-state index contributed by atoms with van der Waals surface area (Å²) in [5.74, 6) is -1.77. The summed E-state index contributed by atoms with van der Waals surface area (Å²) in [5, 5.41) is 6.48. The molecule has 1 aromatic heterocycles. The van der Waals surface area contributed by atoms with E-state index in [0.29, 0.717) is 5.56 Å². The topological polar surface area (TPSA) is 59.8 Å². The molecule has 1 amide bonds. The molecule has 0 aliphatic carbocycles. The summed E-state index contributed by atoms with van der Waals surface area (Å²) in [5.41, 5.74) is 0.626. The number of benzene rings is 2. The van der Waals surface area contributed by atoms with Crippen LogP contribution in [0.5, 0.6) is 0 Å². The van der Waals surface area contributed by atoms with E-state index >= 15 is 0 Å². The Bertz CT molecular complexity index is 797. The molecule has 110 valence electrons. The molecule has 5 nitrogen and oxygen atoms in total. The van der Waals surface area contributed by atoms with Gasteiger partial charge >= 0.3 is 0 Å². The lowest BCUT2D eigenvalue weighted by Gasteiger charge is -2.02. The maximum absolute atomic E-state index is 13.2. The molecule has 0 fully saturated rings. The number of amides is 1. The molecule has 0 aliphatic heterocycles. The van der Waals surface area contributed by atoms with E-state index in [-0.39, 0.29) is 17.5 Å². The van der Waals surface area contributed by atoms with Crippen LogP contribution in [0.4, 0.5) is 14.7 Å². The van der Waals surface area contributed by atoms with Crippen molar-refractivity contribution in [1.82, 2.24) is 14.8 Å². The lowest BCUT2D eigenvalue weighted by atomic mass is 10.2. The summed E-state index contributed by atoms with van der Waals surface area (Å²) < 4.78 is 27.5. The van der Waals surface area contributed by atoms with Gasteiger partial charge in [0, 0.05) is 11.6 Å². The van der Waals surface area contributed by atoms with Gasteiger partial charge in [-0.25, -0.2) is 13.5 Å². The fourth-order valence-corrected chi connectivity index (χ4v) is 1.88. The molecule has 22 heavy (non-hydrogen) atoms. The third-order valence-corrected chi connectivity index (χ3v) is 2.87. The predicted octanol–water partition coefficient (Wildman–Crippen LogP) is 2.80. The molecular formula is C15H10F2N4O. The van der Waals surface area contributed by atoms with Crippen molar-refractivity contribution in [2.24, 2.45) is 0 Å². The standard InChI is InChI=1S/C15H10F2N4O/c16-11-6-12(17)8-13(7-11)21-9-18-15(20-21)19-14(22)10-4-2-1-3-5-10/h1-9H,(H,19,20,22). The van der Waals surface area contributed by atoms with Gasteiger partial charge in [-0.2, -0.15) is 4.98 Å². The summed E-state index contributed by atoms with van der Waals surface area (Å²) in [4.78, 5) is 15.8. The molecule has 0 radical (unpaired) electrons. The van der Waals surface area contributed by atoms with Crippen LogP contribution in [0.25, 0.3) is 5.69 Å². The fraction of sp³-hybridized carbons (Fsp3) is 0. The number of hydrogen-bond donors (Lipinski definition) is 1. The van der Waals surface area contributed by atoms with Crippen LogP contribution in [-0.4, -0.2) is 20.7 Å². The van der Waals surface area contributed by atoms with Crippen LogP contribution in [0.1, 0.15) is 10.4 Å². The van der Waals surface area contributed by atoms with Gasteiger partial charge in [-0.05, 0) is 24.3 Å². The molecule has 1 N–H and O–H groups in total. The lowest BCUT2D eigenvalue weighted by Crippen LogP contribution is -2.13. The van der Waals surface area contributed by atoms with Gasteiger partial charge in [-0.3, -0.25) is 10.1 Å². The van der Waals surface area contributed by atoms with Gasteiger partial charge in [-0.15, -0.1) is 5.10 Å². The van der Waals surface area contributed by atoms with Gasteiger partial charge in [0.25, 0.3) is 5.91 Å². The number of halogens is 2. The maximum Gasteiger partial charge on any atom is 0.258 e. The Labute approximate surface area is 124 Å². The summed E-state index contributed by atoms with van der Waals surface area (Å²) in [7, 11) is 0. The molecule has 0 atom stereocenters. The number of carbonyl (C=O) groups excluding carboxylic acids is 1. The largest absolute Gasteiger partial charge is 0.289 e. The minimum absolute atomic E-state index is 0.0403. The highest BCUT2D eigenvalue weighted by atomic mass is 19.1. The third kappa shape index (κ3) is 2.98. The molecule has 0 saturated carbocycles. The van der Waals surface area contributed by atoms with E-state index in [4.69, 9.17) is 0 Å². The second-order valence-electron chi connectivity index (χ2n) is 4.46. The van der Waals surface area contributed by atoms with E-state index in [1.54, 1.807) is 30.3 Å². The van der Waals surface area contributed by atoms with Crippen molar-refractivity contribution < 1.29 is 13.6 Å². The minimum Gasteiger partial charge on any atom is -0.289 e. The van der Waals surface area contributed by atoms with E-state index in [1.807, 2.05) is 0 Å². The summed E-state index contributed by atoms with van der Waals surface area (Å²) in [6.45, 7) is 0. The quantitative estimate of drug-likeness (QED) is 0.809. The van der Waals surface area contributed by atoms with Crippen LogP contribution in [-0.2, 0) is 0 Å². The zero-order valence-corrected chi connectivity index (χ0v) is 11.2. The Morgan fingerprint density at radius 3 is 2.41 bits per heavy atom. The zero-order valence-electron chi connectivity index (χ0n) is 11.2. The van der Waals surface area contributed by atoms with Crippen LogP contribution in [0.2, 0.25) is 0 Å². The monoisotopic (exact) mass is 300 g/mol. The second-order valence-corrected chi connectivity index (χ2v) is 4.46. The van der Waals surface area contributed by atoms with E-state index in [2.05, 4.69) is 15.4 Å². The summed E-state index contributed by atoms with van der Waals surface area (Å²) >= 11 is 0. The first-order chi connectivity index (χ1) is 10.6. The first-order valence-corrected chi connectivity index (χ1v) is 6.36. The van der Waals surface area contributed by atoms with Crippen molar-refractivity contribution in [3.8, 4) is 5.69 Å². The maximum atomic E-state index is 13.2. The van der Waals surface area contributed by atoms with Gasteiger partial charge in [0.1, 0.15) is 18.0 Å².